The highest BCUT2D eigenvalue weighted by atomic mass is 16.5. The van der Waals surface area contributed by atoms with E-state index in [4.69, 9.17) is 14.2 Å². The third-order valence-electron chi connectivity index (χ3n) is 8.79. The molecule has 2 fully saturated rings. The first-order valence-corrected chi connectivity index (χ1v) is 14.7. The molecule has 1 aromatic carbocycles. The molecule has 1 saturated heterocycles. The van der Waals surface area contributed by atoms with Crippen LogP contribution in [-0.2, 0) is 20.7 Å². The average molecular weight is 568 g/mol. The number of ether oxygens (including phenoxy) is 3. The fraction of sp³-hybridized carbons (Fsp3) is 0.613. The molecule has 1 saturated carbocycles. The molecule has 2 aliphatic heterocycles. The summed E-state index contributed by atoms with van der Waals surface area (Å²) < 4.78 is 17.7. The summed E-state index contributed by atoms with van der Waals surface area (Å²) in [5.41, 5.74) is 0.722. The van der Waals surface area contributed by atoms with Gasteiger partial charge in [-0.2, -0.15) is 0 Å². The number of aromatic nitrogens is 1. The maximum Gasteiger partial charge on any atom is 0.407 e. The van der Waals surface area contributed by atoms with Crippen LogP contribution in [0.1, 0.15) is 70.8 Å². The van der Waals surface area contributed by atoms with Crippen molar-refractivity contribution >= 4 is 28.7 Å². The van der Waals surface area contributed by atoms with Gasteiger partial charge >= 0.3 is 12.1 Å². The number of fused-ring (bicyclic) bond motifs is 3. The van der Waals surface area contributed by atoms with Crippen molar-refractivity contribution in [3.05, 3.63) is 30.0 Å². The minimum Gasteiger partial charge on any atom is -0.496 e. The molecule has 1 aliphatic carbocycles. The molecule has 41 heavy (non-hydrogen) atoms. The number of nitrogens with zero attached hydrogens (tertiary/aromatic N) is 2. The summed E-state index contributed by atoms with van der Waals surface area (Å²) >= 11 is 0. The number of carbonyl (C=O) groups excluding carboxylic acids is 2. The zero-order valence-electron chi connectivity index (χ0n) is 24.2. The molecule has 2 N–H and O–H groups in total. The van der Waals surface area contributed by atoms with Crippen LogP contribution in [0.25, 0.3) is 10.8 Å². The Balaban J connectivity index is 1.52. The number of alkyl carbamates (subject to hydrolysis) is 1. The van der Waals surface area contributed by atoms with Crippen LogP contribution < -0.4 is 14.8 Å². The predicted molar refractivity (Wildman–Crippen MR) is 152 cm³/mol. The van der Waals surface area contributed by atoms with Crippen LogP contribution in [0.5, 0.6) is 11.6 Å². The third kappa shape index (κ3) is 6.52. The summed E-state index contributed by atoms with van der Waals surface area (Å²) in [4.78, 5) is 45.2. The number of cyclic esters (lactones) is 1. The lowest BCUT2D eigenvalue weighted by Crippen LogP contribution is -2.55. The quantitative estimate of drug-likeness (QED) is 0.546. The number of methoxy groups -OCH3 is 1. The predicted octanol–water partition coefficient (Wildman–Crippen LogP) is 4.71. The van der Waals surface area contributed by atoms with Gasteiger partial charge in [0.25, 0.3) is 0 Å². The number of aliphatic carboxylic acids is 1. The Bertz CT molecular complexity index is 1290. The van der Waals surface area contributed by atoms with Gasteiger partial charge in [0.2, 0.25) is 11.8 Å². The fourth-order valence-corrected chi connectivity index (χ4v) is 6.50. The lowest BCUT2D eigenvalue weighted by molar-refractivity contribution is -0.149. The number of nitrogens with one attached hydrogen (secondary N) is 1. The number of rotatable bonds is 3. The van der Waals surface area contributed by atoms with Crippen LogP contribution in [0.2, 0.25) is 0 Å². The van der Waals surface area contributed by atoms with Gasteiger partial charge < -0.3 is 29.5 Å². The lowest BCUT2D eigenvalue weighted by atomic mass is 9.83. The molecule has 0 radical (unpaired) electrons. The van der Waals surface area contributed by atoms with E-state index in [2.05, 4.69) is 24.1 Å². The SMILES string of the molecule is COc1cc2ccnc3c2cc1CCCC(C)(C)COC(=O)N[C@@H](C1CCCCC1)C(=O)N1C[C@@H](C[C@H]1C(=O)O)O3. The number of carboxylic acids is 1. The molecule has 10 nitrogen and oxygen atoms in total. The van der Waals surface area contributed by atoms with E-state index >= 15 is 0 Å². The van der Waals surface area contributed by atoms with Crippen LogP contribution in [0, 0.1) is 11.3 Å². The third-order valence-corrected chi connectivity index (χ3v) is 8.79. The second-order valence-corrected chi connectivity index (χ2v) is 12.4. The van der Waals surface area contributed by atoms with Gasteiger partial charge in [-0.3, -0.25) is 4.79 Å². The maximum atomic E-state index is 14.0. The molecule has 1 aromatic heterocycles. The molecule has 2 aromatic rings. The molecule has 0 unspecified atom stereocenters. The van der Waals surface area contributed by atoms with Crippen LogP contribution in [0.15, 0.2) is 24.4 Å². The summed E-state index contributed by atoms with van der Waals surface area (Å²) in [6, 6.07) is 3.97. The molecular formula is C31H41N3O7. The number of aryl methyl sites for hydroxylation is 1. The highest BCUT2D eigenvalue weighted by Crippen LogP contribution is 2.35. The molecule has 5 rings (SSSR count). The van der Waals surface area contributed by atoms with E-state index in [1.54, 1.807) is 13.3 Å². The summed E-state index contributed by atoms with van der Waals surface area (Å²) in [5.74, 6) is -0.396. The van der Waals surface area contributed by atoms with E-state index in [1.807, 2.05) is 18.2 Å². The molecule has 2 amide bonds. The highest BCUT2D eigenvalue weighted by Gasteiger charge is 2.45. The minimum absolute atomic E-state index is 0.0787. The van der Waals surface area contributed by atoms with Gasteiger partial charge in [-0.15, -0.1) is 0 Å². The summed E-state index contributed by atoms with van der Waals surface area (Å²) in [7, 11) is 1.65. The van der Waals surface area contributed by atoms with Crippen molar-refractivity contribution in [3.63, 3.8) is 0 Å². The van der Waals surface area contributed by atoms with Crippen molar-refractivity contribution in [1.29, 1.82) is 0 Å². The molecule has 3 atom stereocenters. The van der Waals surface area contributed by atoms with Crippen molar-refractivity contribution in [2.45, 2.75) is 89.8 Å². The monoisotopic (exact) mass is 567 g/mol. The number of amides is 2. The normalized spacial score (nSPS) is 26.0. The summed E-state index contributed by atoms with van der Waals surface area (Å²) in [6.45, 7) is 4.39. The number of hydrogen-bond donors (Lipinski definition) is 2. The number of carboxylic acid groups (broad SMARTS) is 1. The minimum atomic E-state index is -1.10. The van der Waals surface area contributed by atoms with E-state index in [9.17, 15) is 19.5 Å². The second-order valence-electron chi connectivity index (χ2n) is 12.4. The average Bonchev–Trinajstić information content (AvgIpc) is 3.38. The largest absolute Gasteiger partial charge is 0.496 e. The fourth-order valence-electron chi connectivity index (χ4n) is 6.50. The maximum absolute atomic E-state index is 14.0. The van der Waals surface area contributed by atoms with E-state index < -0.39 is 36.2 Å². The van der Waals surface area contributed by atoms with E-state index in [0.29, 0.717) is 5.88 Å². The first kappa shape index (κ1) is 29.0. The van der Waals surface area contributed by atoms with Gasteiger partial charge in [0.05, 0.1) is 20.3 Å². The van der Waals surface area contributed by atoms with Crippen LogP contribution in [0.3, 0.4) is 0 Å². The first-order valence-electron chi connectivity index (χ1n) is 14.7. The van der Waals surface area contributed by atoms with Crippen LogP contribution in [-0.4, -0.2) is 71.4 Å². The molecule has 3 heterocycles. The van der Waals surface area contributed by atoms with Gasteiger partial charge in [-0.25, -0.2) is 14.6 Å². The molecule has 4 bridgehead atoms. The standard InChI is InChI=1S/C31H41N3O7/c1-31(2)12-7-10-21-14-23-20(15-25(21)39-3)11-13-32-27(23)41-22-16-24(29(36)37)34(17-22)28(35)26(33-30(38)40-18-31)19-8-5-4-6-9-19/h11,13-15,19,22,24,26H,4-10,12,16-18H2,1-3H3,(H,33,38)(H,36,37)/t22-,24+,26+/m1/s1. The summed E-state index contributed by atoms with van der Waals surface area (Å²) in [6.07, 6.45) is 7.56. The molecular weight excluding hydrogens is 526 g/mol. The lowest BCUT2D eigenvalue weighted by Gasteiger charge is -2.34. The highest BCUT2D eigenvalue weighted by molar-refractivity contribution is 5.91. The number of benzene rings is 1. The smallest absolute Gasteiger partial charge is 0.407 e. The van der Waals surface area contributed by atoms with Gasteiger partial charge in [0.15, 0.2) is 0 Å². The zero-order chi connectivity index (χ0) is 29.1. The van der Waals surface area contributed by atoms with Crippen molar-refractivity contribution in [1.82, 2.24) is 15.2 Å². The first-order chi connectivity index (χ1) is 19.6. The summed E-state index contributed by atoms with van der Waals surface area (Å²) in [5, 5.41) is 14.6. The number of hydrogen-bond acceptors (Lipinski definition) is 7. The van der Waals surface area contributed by atoms with Crippen molar-refractivity contribution in [2.75, 3.05) is 20.3 Å². The van der Waals surface area contributed by atoms with E-state index in [0.717, 1.165) is 73.5 Å². The second kappa shape index (κ2) is 12.1. The Morgan fingerprint density at radius 3 is 2.68 bits per heavy atom. The van der Waals surface area contributed by atoms with Crippen molar-refractivity contribution in [3.8, 4) is 11.6 Å². The zero-order valence-corrected chi connectivity index (χ0v) is 24.2. The van der Waals surface area contributed by atoms with Gasteiger partial charge in [-0.1, -0.05) is 33.1 Å². The van der Waals surface area contributed by atoms with Gasteiger partial charge in [0.1, 0.15) is 23.9 Å². The molecule has 0 spiro atoms. The van der Waals surface area contributed by atoms with Crippen molar-refractivity contribution in [2.24, 2.45) is 11.3 Å². The van der Waals surface area contributed by atoms with Crippen LogP contribution in [0.4, 0.5) is 4.79 Å². The molecule has 3 aliphatic rings. The molecule has 10 heteroatoms. The Hall–Kier alpha value is -3.56. The Kier molecular flexibility index (Phi) is 8.56. The number of pyridine rings is 1. The van der Waals surface area contributed by atoms with Crippen molar-refractivity contribution < 1.29 is 33.7 Å². The van der Waals surface area contributed by atoms with E-state index in [1.165, 1.54) is 4.90 Å². The Morgan fingerprint density at radius 1 is 1.17 bits per heavy atom. The van der Waals surface area contributed by atoms with Gasteiger partial charge in [0, 0.05) is 18.0 Å². The van der Waals surface area contributed by atoms with E-state index in [-0.39, 0.29) is 30.9 Å². The molecule has 222 valence electrons. The van der Waals surface area contributed by atoms with Crippen LogP contribution >= 0.6 is 0 Å². The topological polar surface area (TPSA) is 127 Å². The number of carbonyl (C=O) groups is 3. The Labute approximate surface area is 240 Å². The Morgan fingerprint density at radius 2 is 1.95 bits per heavy atom. The van der Waals surface area contributed by atoms with Gasteiger partial charge in [-0.05, 0) is 72.6 Å².